The Morgan fingerprint density at radius 2 is 1.79 bits per heavy atom. The summed E-state index contributed by atoms with van der Waals surface area (Å²) < 4.78 is 5.66. The molecule has 0 aromatic heterocycles. The van der Waals surface area contributed by atoms with Crippen molar-refractivity contribution in [3.63, 3.8) is 0 Å². The molecule has 1 heterocycles. The van der Waals surface area contributed by atoms with Gasteiger partial charge in [0.2, 0.25) is 0 Å². The Balaban J connectivity index is 2.01. The van der Waals surface area contributed by atoms with E-state index in [1.165, 1.54) is 32.1 Å². The van der Waals surface area contributed by atoms with Crippen LogP contribution in [-0.2, 0) is 4.74 Å². The van der Waals surface area contributed by atoms with Crippen LogP contribution in [0.3, 0.4) is 0 Å². The second-order valence-electron chi connectivity index (χ2n) is 5.66. The van der Waals surface area contributed by atoms with Crippen LogP contribution in [0.2, 0.25) is 0 Å². The lowest BCUT2D eigenvalue weighted by molar-refractivity contribution is -0.0411. The van der Waals surface area contributed by atoms with Crippen molar-refractivity contribution in [3.8, 4) is 0 Å². The van der Waals surface area contributed by atoms with Gasteiger partial charge >= 0.3 is 0 Å². The Kier molecular flexibility index (Phi) is 2.61. The van der Waals surface area contributed by atoms with Gasteiger partial charge in [-0.2, -0.15) is 0 Å². The fraction of sp³-hybridized carbons (Fsp3) is 1.00. The molecule has 1 atom stereocenters. The first-order valence-corrected chi connectivity index (χ1v) is 5.88. The van der Waals surface area contributed by atoms with E-state index in [1.54, 1.807) is 0 Å². The van der Waals surface area contributed by atoms with Crippen LogP contribution < -0.4 is 0 Å². The molecule has 2 fully saturated rings. The first kappa shape index (κ1) is 10.4. The maximum Gasteiger partial charge on any atom is 0.0935 e. The lowest BCUT2D eigenvalue weighted by Crippen LogP contribution is -2.40. The van der Waals surface area contributed by atoms with Crippen LogP contribution in [0.25, 0.3) is 0 Å². The Labute approximate surface area is 86.6 Å². The van der Waals surface area contributed by atoms with Crippen LogP contribution in [-0.4, -0.2) is 22.9 Å². The quantitative estimate of drug-likeness (QED) is 0.701. The number of rotatable bonds is 1. The van der Waals surface area contributed by atoms with Gasteiger partial charge in [-0.3, -0.25) is 0 Å². The molecule has 1 aliphatic heterocycles. The zero-order chi connectivity index (χ0) is 10.2. The van der Waals surface area contributed by atoms with E-state index < -0.39 is 5.60 Å². The third-order valence-electron chi connectivity index (χ3n) is 3.81. The van der Waals surface area contributed by atoms with E-state index in [9.17, 15) is 5.11 Å². The molecule has 2 aliphatic rings. The molecule has 0 spiro atoms. The van der Waals surface area contributed by atoms with E-state index >= 15 is 0 Å². The molecule has 1 aliphatic carbocycles. The summed E-state index contributed by atoms with van der Waals surface area (Å²) in [5, 5.41) is 10.5. The van der Waals surface area contributed by atoms with E-state index in [0.29, 0.717) is 12.5 Å². The van der Waals surface area contributed by atoms with Gasteiger partial charge < -0.3 is 9.84 Å². The summed E-state index contributed by atoms with van der Waals surface area (Å²) in [5.41, 5.74) is -0.643. The molecule has 0 aromatic rings. The minimum Gasteiger partial charge on any atom is -0.387 e. The molecule has 0 bridgehead atoms. The molecule has 0 aromatic carbocycles. The fourth-order valence-electron chi connectivity index (χ4n) is 3.06. The Bertz CT molecular complexity index is 206. The summed E-state index contributed by atoms with van der Waals surface area (Å²) in [6.07, 6.45) is 7.11. The third kappa shape index (κ3) is 1.96. The number of aliphatic hydroxyl groups is 1. The van der Waals surface area contributed by atoms with Crippen LogP contribution in [0.5, 0.6) is 0 Å². The molecular weight excluding hydrogens is 176 g/mol. The highest BCUT2D eigenvalue weighted by molar-refractivity contribution is 4.98. The average molecular weight is 198 g/mol. The normalized spacial score (nSPS) is 38.8. The molecule has 1 saturated heterocycles. The van der Waals surface area contributed by atoms with Crippen molar-refractivity contribution in [2.24, 2.45) is 5.92 Å². The SMILES string of the molecule is CC1(C)CC(O)(C2CCCCC2)CO1. The van der Waals surface area contributed by atoms with Crippen LogP contribution in [0.15, 0.2) is 0 Å². The summed E-state index contributed by atoms with van der Waals surface area (Å²) in [6.45, 7) is 4.70. The smallest absolute Gasteiger partial charge is 0.0935 e. The standard InChI is InChI=1S/C12H22O2/c1-11(2)8-12(13,9-14-11)10-6-4-3-5-7-10/h10,13H,3-9H2,1-2H3. The Morgan fingerprint density at radius 3 is 2.29 bits per heavy atom. The van der Waals surface area contributed by atoms with Gasteiger partial charge in [-0.05, 0) is 32.6 Å². The van der Waals surface area contributed by atoms with Crippen LogP contribution in [0.4, 0.5) is 0 Å². The van der Waals surface area contributed by atoms with Crippen molar-refractivity contribution in [3.05, 3.63) is 0 Å². The maximum absolute atomic E-state index is 10.5. The largest absolute Gasteiger partial charge is 0.387 e. The molecular formula is C12H22O2. The summed E-state index contributed by atoms with van der Waals surface area (Å²) in [7, 11) is 0. The number of hydrogen-bond donors (Lipinski definition) is 1. The lowest BCUT2D eigenvalue weighted by Gasteiger charge is -2.34. The molecule has 1 unspecified atom stereocenters. The van der Waals surface area contributed by atoms with Gasteiger partial charge in [0.05, 0.1) is 17.8 Å². The molecule has 0 amide bonds. The van der Waals surface area contributed by atoms with Crippen molar-refractivity contribution >= 4 is 0 Å². The third-order valence-corrected chi connectivity index (χ3v) is 3.81. The van der Waals surface area contributed by atoms with E-state index in [1.807, 2.05) is 0 Å². The summed E-state index contributed by atoms with van der Waals surface area (Å²) in [5.74, 6) is 0.484. The van der Waals surface area contributed by atoms with E-state index in [4.69, 9.17) is 4.74 Å². The number of ether oxygens (including phenoxy) is 1. The van der Waals surface area contributed by atoms with Crippen LogP contribution in [0, 0.1) is 5.92 Å². The first-order chi connectivity index (χ1) is 6.52. The molecule has 14 heavy (non-hydrogen) atoms. The lowest BCUT2D eigenvalue weighted by atomic mass is 9.74. The predicted molar refractivity (Wildman–Crippen MR) is 56.2 cm³/mol. The summed E-state index contributed by atoms with van der Waals surface area (Å²) >= 11 is 0. The van der Waals surface area contributed by atoms with Crippen molar-refractivity contribution in [1.29, 1.82) is 0 Å². The summed E-state index contributed by atoms with van der Waals surface area (Å²) in [6, 6.07) is 0. The highest BCUT2D eigenvalue weighted by Gasteiger charge is 2.47. The van der Waals surface area contributed by atoms with Gasteiger partial charge in [0.15, 0.2) is 0 Å². The van der Waals surface area contributed by atoms with Gasteiger partial charge in [-0.1, -0.05) is 19.3 Å². The molecule has 82 valence electrons. The monoisotopic (exact) mass is 198 g/mol. The Morgan fingerprint density at radius 1 is 1.14 bits per heavy atom. The zero-order valence-corrected chi connectivity index (χ0v) is 9.38. The molecule has 2 heteroatoms. The zero-order valence-electron chi connectivity index (χ0n) is 9.38. The highest BCUT2D eigenvalue weighted by Crippen LogP contribution is 2.42. The Hall–Kier alpha value is -0.0800. The van der Waals surface area contributed by atoms with E-state index in [2.05, 4.69) is 13.8 Å². The van der Waals surface area contributed by atoms with Crippen molar-refractivity contribution in [2.45, 2.75) is 63.6 Å². The average Bonchev–Trinajstić information content (AvgIpc) is 2.44. The fourth-order valence-corrected chi connectivity index (χ4v) is 3.06. The minimum atomic E-state index is -0.524. The molecule has 1 saturated carbocycles. The van der Waals surface area contributed by atoms with Crippen LogP contribution in [0.1, 0.15) is 52.4 Å². The topological polar surface area (TPSA) is 29.5 Å². The van der Waals surface area contributed by atoms with Gasteiger partial charge in [0.25, 0.3) is 0 Å². The maximum atomic E-state index is 10.5. The van der Waals surface area contributed by atoms with Crippen LogP contribution >= 0.6 is 0 Å². The second-order valence-corrected chi connectivity index (χ2v) is 5.66. The van der Waals surface area contributed by atoms with Gasteiger partial charge in [-0.15, -0.1) is 0 Å². The highest BCUT2D eigenvalue weighted by atomic mass is 16.5. The molecule has 1 N–H and O–H groups in total. The van der Waals surface area contributed by atoms with Crippen molar-refractivity contribution in [2.75, 3.05) is 6.61 Å². The molecule has 2 nitrogen and oxygen atoms in total. The van der Waals surface area contributed by atoms with Gasteiger partial charge in [-0.25, -0.2) is 0 Å². The minimum absolute atomic E-state index is 0.119. The first-order valence-electron chi connectivity index (χ1n) is 5.88. The summed E-state index contributed by atoms with van der Waals surface area (Å²) in [4.78, 5) is 0. The van der Waals surface area contributed by atoms with E-state index in [-0.39, 0.29) is 5.60 Å². The van der Waals surface area contributed by atoms with Crippen molar-refractivity contribution < 1.29 is 9.84 Å². The predicted octanol–water partition coefficient (Wildman–Crippen LogP) is 2.50. The molecule has 2 rings (SSSR count). The van der Waals surface area contributed by atoms with Gasteiger partial charge in [0.1, 0.15) is 0 Å². The second kappa shape index (κ2) is 3.49. The van der Waals surface area contributed by atoms with Gasteiger partial charge in [0, 0.05) is 6.42 Å². The van der Waals surface area contributed by atoms with Crippen molar-refractivity contribution in [1.82, 2.24) is 0 Å². The number of hydrogen-bond acceptors (Lipinski definition) is 2. The van der Waals surface area contributed by atoms with E-state index in [0.717, 1.165) is 6.42 Å². The molecule has 0 radical (unpaired) electrons.